The van der Waals surface area contributed by atoms with Crippen molar-refractivity contribution in [1.29, 1.82) is 0 Å². The third-order valence-electron chi connectivity index (χ3n) is 2.23. The highest BCUT2D eigenvalue weighted by Gasteiger charge is 2.04. The van der Waals surface area contributed by atoms with Crippen molar-refractivity contribution in [2.45, 2.75) is 13.5 Å². The molecule has 0 radical (unpaired) electrons. The molecular weight excluding hydrogens is 226 g/mol. The quantitative estimate of drug-likeness (QED) is 0.884. The van der Waals surface area contributed by atoms with Crippen molar-refractivity contribution >= 4 is 17.4 Å². The van der Waals surface area contributed by atoms with Crippen LogP contribution < -0.4 is 5.32 Å². The molecule has 2 heterocycles. The van der Waals surface area contributed by atoms with E-state index in [2.05, 4.69) is 20.3 Å². The Kier molecular flexibility index (Phi) is 3.05. The molecule has 84 valence electrons. The second-order valence-electron chi connectivity index (χ2n) is 3.40. The van der Waals surface area contributed by atoms with Crippen molar-refractivity contribution in [1.82, 2.24) is 19.5 Å². The van der Waals surface area contributed by atoms with Gasteiger partial charge in [0.2, 0.25) is 0 Å². The first-order chi connectivity index (χ1) is 7.66. The van der Waals surface area contributed by atoms with Gasteiger partial charge in [0.1, 0.15) is 22.6 Å². The van der Waals surface area contributed by atoms with Gasteiger partial charge in [-0.25, -0.2) is 15.0 Å². The summed E-state index contributed by atoms with van der Waals surface area (Å²) in [5.41, 5.74) is 0. The van der Waals surface area contributed by atoms with Gasteiger partial charge in [0.25, 0.3) is 0 Å². The SMILES string of the molecule is Cc1nccc(NCc2ncc(Cl)n2C)n1. The third-order valence-corrected chi connectivity index (χ3v) is 2.58. The van der Waals surface area contributed by atoms with E-state index in [0.717, 1.165) is 17.5 Å². The van der Waals surface area contributed by atoms with Crippen LogP contribution in [0.4, 0.5) is 5.82 Å². The molecule has 5 nitrogen and oxygen atoms in total. The first kappa shape index (κ1) is 10.9. The number of aromatic nitrogens is 4. The van der Waals surface area contributed by atoms with Crippen molar-refractivity contribution in [3.05, 3.63) is 35.3 Å². The van der Waals surface area contributed by atoms with Crippen LogP contribution in [-0.4, -0.2) is 19.5 Å². The Labute approximate surface area is 98.5 Å². The Morgan fingerprint density at radius 1 is 1.44 bits per heavy atom. The lowest BCUT2D eigenvalue weighted by molar-refractivity contribution is 0.810. The summed E-state index contributed by atoms with van der Waals surface area (Å²) >= 11 is 5.88. The zero-order valence-electron chi connectivity index (χ0n) is 9.11. The van der Waals surface area contributed by atoms with E-state index in [1.54, 1.807) is 12.4 Å². The average molecular weight is 238 g/mol. The summed E-state index contributed by atoms with van der Waals surface area (Å²) in [6.07, 6.45) is 3.35. The molecule has 0 atom stereocenters. The summed E-state index contributed by atoms with van der Waals surface area (Å²) in [5.74, 6) is 2.38. The second kappa shape index (κ2) is 4.49. The van der Waals surface area contributed by atoms with Gasteiger partial charge in [-0.1, -0.05) is 11.6 Å². The van der Waals surface area contributed by atoms with Crippen LogP contribution in [0.15, 0.2) is 18.5 Å². The van der Waals surface area contributed by atoms with E-state index in [4.69, 9.17) is 11.6 Å². The minimum atomic E-state index is 0.583. The molecular formula is C10H12ClN5. The van der Waals surface area contributed by atoms with Gasteiger partial charge in [0.05, 0.1) is 12.7 Å². The molecule has 0 aromatic carbocycles. The minimum Gasteiger partial charge on any atom is -0.363 e. The molecule has 0 spiro atoms. The van der Waals surface area contributed by atoms with Gasteiger partial charge in [-0.2, -0.15) is 0 Å². The Morgan fingerprint density at radius 2 is 2.25 bits per heavy atom. The molecule has 1 N–H and O–H groups in total. The molecule has 2 aromatic heterocycles. The highest BCUT2D eigenvalue weighted by atomic mass is 35.5. The van der Waals surface area contributed by atoms with Crippen LogP contribution in [0.2, 0.25) is 5.15 Å². The maximum absolute atomic E-state index is 5.88. The van der Waals surface area contributed by atoms with Crippen LogP contribution in [0.5, 0.6) is 0 Å². The normalized spacial score (nSPS) is 10.4. The lowest BCUT2D eigenvalue weighted by Gasteiger charge is -2.06. The Morgan fingerprint density at radius 3 is 2.88 bits per heavy atom. The van der Waals surface area contributed by atoms with Gasteiger partial charge in [0, 0.05) is 13.2 Å². The van der Waals surface area contributed by atoms with E-state index in [9.17, 15) is 0 Å². The lowest BCUT2D eigenvalue weighted by Crippen LogP contribution is -2.07. The molecule has 0 fully saturated rings. The van der Waals surface area contributed by atoms with Crippen LogP contribution in [0.3, 0.4) is 0 Å². The molecule has 0 aliphatic rings. The van der Waals surface area contributed by atoms with Gasteiger partial charge in [-0.05, 0) is 13.0 Å². The fourth-order valence-corrected chi connectivity index (χ4v) is 1.46. The predicted molar refractivity (Wildman–Crippen MR) is 62.3 cm³/mol. The number of nitrogens with one attached hydrogen (secondary N) is 1. The van der Waals surface area contributed by atoms with Gasteiger partial charge in [-0.15, -0.1) is 0 Å². The third kappa shape index (κ3) is 2.30. The molecule has 0 saturated heterocycles. The maximum atomic E-state index is 5.88. The van der Waals surface area contributed by atoms with Crippen molar-refractivity contribution < 1.29 is 0 Å². The summed E-state index contributed by atoms with van der Waals surface area (Å²) in [6, 6.07) is 1.82. The standard InChI is InChI=1S/C10H12ClN5/c1-7-12-4-3-9(15-7)13-6-10-14-5-8(11)16(10)2/h3-5H,6H2,1-2H3,(H,12,13,15). The topological polar surface area (TPSA) is 55.6 Å². The highest BCUT2D eigenvalue weighted by molar-refractivity contribution is 6.29. The monoisotopic (exact) mass is 237 g/mol. The number of aryl methyl sites for hydroxylation is 1. The fraction of sp³-hybridized carbons (Fsp3) is 0.300. The zero-order valence-corrected chi connectivity index (χ0v) is 9.86. The number of hydrogen-bond acceptors (Lipinski definition) is 4. The molecule has 16 heavy (non-hydrogen) atoms. The minimum absolute atomic E-state index is 0.583. The Bertz CT molecular complexity index is 494. The first-order valence-corrected chi connectivity index (χ1v) is 5.24. The largest absolute Gasteiger partial charge is 0.363 e. The summed E-state index contributed by atoms with van der Waals surface area (Å²) in [5, 5.41) is 3.78. The lowest BCUT2D eigenvalue weighted by atomic mass is 10.5. The number of rotatable bonds is 3. The van der Waals surface area contributed by atoms with Crippen molar-refractivity contribution in [2.75, 3.05) is 5.32 Å². The van der Waals surface area contributed by atoms with Gasteiger partial charge in [0.15, 0.2) is 0 Å². The number of nitrogens with zero attached hydrogens (tertiary/aromatic N) is 4. The highest BCUT2D eigenvalue weighted by Crippen LogP contribution is 2.10. The van der Waals surface area contributed by atoms with Gasteiger partial charge in [-0.3, -0.25) is 0 Å². The Hall–Kier alpha value is -1.62. The summed E-state index contributed by atoms with van der Waals surface area (Å²) in [4.78, 5) is 12.4. The molecule has 0 saturated carbocycles. The smallest absolute Gasteiger partial charge is 0.130 e. The molecule has 6 heteroatoms. The van der Waals surface area contributed by atoms with Crippen LogP contribution in [0.1, 0.15) is 11.6 Å². The predicted octanol–water partition coefficient (Wildman–Crippen LogP) is 1.78. The molecule has 0 bridgehead atoms. The summed E-state index contributed by atoms with van der Waals surface area (Å²) in [7, 11) is 1.87. The van der Waals surface area contributed by atoms with E-state index < -0.39 is 0 Å². The molecule has 2 aromatic rings. The van der Waals surface area contributed by atoms with E-state index in [1.807, 2.05) is 24.6 Å². The first-order valence-electron chi connectivity index (χ1n) is 4.86. The van der Waals surface area contributed by atoms with E-state index in [-0.39, 0.29) is 0 Å². The van der Waals surface area contributed by atoms with Crippen LogP contribution in [-0.2, 0) is 13.6 Å². The fourth-order valence-electron chi connectivity index (χ4n) is 1.31. The molecule has 0 unspecified atom stereocenters. The molecule has 0 aliphatic heterocycles. The zero-order chi connectivity index (χ0) is 11.5. The van der Waals surface area contributed by atoms with Gasteiger partial charge < -0.3 is 9.88 Å². The van der Waals surface area contributed by atoms with Crippen LogP contribution in [0.25, 0.3) is 0 Å². The number of halogens is 1. The number of anilines is 1. The number of hydrogen-bond donors (Lipinski definition) is 1. The van der Waals surface area contributed by atoms with E-state index in [1.165, 1.54) is 0 Å². The molecule has 2 rings (SSSR count). The van der Waals surface area contributed by atoms with Crippen LogP contribution >= 0.6 is 11.6 Å². The second-order valence-corrected chi connectivity index (χ2v) is 3.79. The van der Waals surface area contributed by atoms with Crippen molar-refractivity contribution in [2.24, 2.45) is 7.05 Å². The summed E-state index contributed by atoms with van der Waals surface area (Å²) in [6.45, 7) is 2.43. The van der Waals surface area contributed by atoms with Crippen molar-refractivity contribution in [3.63, 3.8) is 0 Å². The average Bonchev–Trinajstić information content (AvgIpc) is 2.57. The molecule has 0 aliphatic carbocycles. The molecule has 0 amide bonds. The number of imidazole rings is 1. The van der Waals surface area contributed by atoms with Crippen molar-refractivity contribution in [3.8, 4) is 0 Å². The Balaban J connectivity index is 2.05. The van der Waals surface area contributed by atoms with E-state index >= 15 is 0 Å². The van der Waals surface area contributed by atoms with Crippen LogP contribution in [0, 0.1) is 6.92 Å². The van der Waals surface area contributed by atoms with Gasteiger partial charge >= 0.3 is 0 Å². The maximum Gasteiger partial charge on any atom is 0.130 e. The summed E-state index contributed by atoms with van der Waals surface area (Å²) < 4.78 is 1.82. The van der Waals surface area contributed by atoms with E-state index in [0.29, 0.717) is 11.7 Å².